The van der Waals surface area contributed by atoms with Crippen LogP contribution < -0.4 is 11.1 Å². The quantitative estimate of drug-likeness (QED) is 0.227. The van der Waals surface area contributed by atoms with Crippen molar-refractivity contribution < 1.29 is 14.7 Å². The second kappa shape index (κ2) is 8.77. The number of aromatic carboxylic acids is 1. The van der Waals surface area contributed by atoms with E-state index in [1.807, 2.05) is 18.2 Å². The zero-order chi connectivity index (χ0) is 22.7. The Kier molecular flexibility index (Phi) is 5.72. The van der Waals surface area contributed by atoms with Gasteiger partial charge in [-0.05, 0) is 53.4 Å². The number of carbonyl (C=O) groups excluding carboxylic acids is 1. The van der Waals surface area contributed by atoms with Gasteiger partial charge in [-0.2, -0.15) is 0 Å². The highest BCUT2D eigenvalue weighted by Gasteiger charge is 2.12. The second-order valence-electron chi connectivity index (χ2n) is 7.43. The molecule has 0 saturated heterocycles. The lowest BCUT2D eigenvalue weighted by atomic mass is 9.98. The summed E-state index contributed by atoms with van der Waals surface area (Å²) in [5, 5.41) is 20.8. The Morgan fingerprint density at radius 1 is 1.00 bits per heavy atom. The molecule has 0 spiro atoms. The van der Waals surface area contributed by atoms with Crippen LogP contribution in [0.4, 0.5) is 0 Å². The average Bonchev–Trinajstić information content (AvgIpc) is 3.23. The fourth-order valence-electron chi connectivity index (χ4n) is 3.69. The lowest BCUT2D eigenvalue weighted by Crippen LogP contribution is -2.25. The van der Waals surface area contributed by atoms with Gasteiger partial charge in [0.05, 0.1) is 5.56 Å². The highest BCUT2D eigenvalue weighted by Crippen LogP contribution is 2.24. The number of benzene rings is 3. The minimum atomic E-state index is -0.990. The molecule has 1 aromatic heterocycles. The topological polar surface area (TPSA) is 132 Å². The van der Waals surface area contributed by atoms with Crippen molar-refractivity contribution in [2.24, 2.45) is 5.73 Å². The number of nitrogen functional groups attached to an aromatic ring is 1. The molecule has 7 heteroatoms. The van der Waals surface area contributed by atoms with Crippen LogP contribution in [0, 0.1) is 5.41 Å². The molecule has 3 aromatic carbocycles. The first-order valence-electron chi connectivity index (χ1n) is 10.1. The van der Waals surface area contributed by atoms with E-state index in [9.17, 15) is 14.7 Å². The normalized spacial score (nSPS) is 10.8. The van der Waals surface area contributed by atoms with Crippen LogP contribution in [0.3, 0.4) is 0 Å². The average molecular weight is 426 g/mol. The van der Waals surface area contributed by atoms with E-state index in [0.29, 0.717) is 29.7 Å². The van der Waals surface area contributed by atoms with Crippen LogP contribution in [0.5, 0.6) is 0 Å². The number of carboxylic acids is 1. The van der Waals surface area contributed by atoms with Crippen molar-refractivity contribution in [3.05, 3.63) is 95.2 Å². The van der Waals surface area contributed by atoms with Crippen molar-refractivity contribution >= 4 is 28.6 Å². The summed E-state index contributed by atoms with van der Waals surface area (Å²) in [5.74, 6) is -1.18. The number of carboxylic acid groups (broad SMARTS) is 1. The molecule has 0 fully saturated rings. The van der Waals surface area contributed by atoms with Crippen molar-refractivity contribution in [3.8, 4) is 11.1 Å². The molecule has 0 saturated carbocycles. The van der Waals surface area contributed by atoms with Gasteiger partial charge in [0.2, 0.25) is 0 Å². The van der Waals surface area contributed by atoms with Crippen LogP contribution in [0.25, 0.3) is 22.0 Å². The summed E-state index contributed by atoms with van der Waals surface area (Å²) in [4.78, 5) is 27.0. The maximum absolute atomic E-state index is 12.5. The molecule has 4 aromatic rings. The third-order valence-corrected chi connectivity index (χ3v) is 5.35. The van der Waals surface area contributed by atoms with Gasteiger partial charge in [0, 0.05) is 34.8 Å². The van der Waals surface area contributed by atoms with Crippen molar-refractivity contribution in [1.29, 1.82) is 5.41 Å². The smallest absolute Gasteiger partial charge is 0.336 e. The van der Waals surface area contributed by atoms with Gasteiger partial charge >= 0.3 is 5.97 Å². The van der Waals surface area contributed by atoms with E-state index in [4.69, 9.17) is 11.1 Å². The molecule has 0 aliphatic carbocycles. The van der Waals surface area contributed by atoms with E-state index in [0.717, 1.165) is 22.0 Å². The number of hydrogen-bond acceptors (Lipinski definition) is 3. The second-order valence-corrected chi connectivity index (χ2v) is 7.43. The first-order chi connectivity index (χ1) is 15.4. The largest absolute Gasteiger partial charge is 0.478 e. The number of amides is 1. The van der Waals surface area contributed by atoms with Crippen molar-refractivity contribution in [1.82, 2.24) is 10.3 Å². The van der Waals surface area contributed by atoms with Crippen molar-refractivity contribution in [2.45, 2.75) is 6.42 Å². The van der Waals surface area contributed by atoms with E-state index < -0.39 is 5.97 Å². The van der Waals surface area contributed by atoms with Crippen LogP contribution in [0.1, 0.15) is 31.8 Å². The summed E-state index contributed by atoms with van der Waals surface area (Å²) in [6.45, 7) is 0.452. The minimum Gasteiger partial charge on any atom is -0.478 e. The molecule has 0 unspecified atom stereocenters. The molecule has 4 rings (SSSR count). The molecule has 0 aliphatic heterocycles. The third-order valence-electron chi connectivity index (χ3n) is 5.35. The summed E-state index contributed by atoms with van der Waals surface area (Å²) < 4.78 is 0. The predicted octanol–water partition coefficient (Wildman–Crippen LogP) is 3.79. The fraction of sp³-hybridized carbons (Fsp3) is 0.0800. The number of nitrogens with two attached hydrogens (primary N) is 1. The van der Waals surface area contributed by atoms with Crippen molar-refractivity contribution in [2.75, 3.05) is 6.54 Å². The number of rotatable bonds is 7. The molecule has 32 heavy (non-hydrogen) atoms. The van der Waals surface area contributed by atoms with Gasteiger partial charge in [-0.25, -0.2) is 4.79 Å². The Labute approximate surface area is 184 Å². The number of aromatic nitrogens is 1. The van der Waals surface area contributed by atoms with Crippen LogP contribution >= 0.6 is 0 Å². The van der Waals surface area contributed by atoms with Gasteiger partial charge in [0.1, 0.15) is 5.84 Å². The number of aromatic amines is 1. The number of fused-ring (bicyclic) bond motifs is 1. The first kappa shape index (κ1) is 20.9. The number of hydrogen-bond donors (Lipinski definition) is 5. The molecule has 1 heterocycles. The monoisotopic (exact) mass is 426 g/mol. The summed E-state index contributed by atoms with van der Waals surface area (Å²) in [5.41, 5.74) is 10.3. The van der Waals surface area contributed by atoms with Gasteiger partial charge in [0.25, 0.3) is 5.91 Å². The maximum atomic E-state index is 12.5. The van der Waals surface area contributed by atoms with E-state index >= 15 is 0 Å². The van der Waals surface area contributed by atoms with E-state index in [-0.39, 0.29) is 17.3 Å². The van der Waals surface area contributed by atoms with Crippen LogP contribution in [0.15, 0.2) is 72.9 Å². The number of nitrogens with one attached hydrogen (secondary N) is 3. The third kappa shape index (κ3) is 4.22. The molecule has 0 radical (unpaired) electrons. The van der Waals surface area contributed by atoms with Gasteiger partial charge in [-0.1, -0.05) is 36.4 Å². The zero-order valence-corrected chi connectivity index (χ0v) is 17.2. The SMILES string of the molecule is N=C(N)c1c[nH]c2ccc(CCNC(=O)c3ccc(-c4ccccc4C(=O)O)cc3)cc12. The van der Waals surface area contributed by atoms with Crippen molar-refractivity contribution in [3.63, 3.8) is 0 Å². The molecule has 7 nitrogen and oxygen atoms in total. The molecule has 0 bridgehead atoms. The van der Waals surface area contributed by atoms with E-state index in [1.54, 1.807) is 54.7 Å². The van der Waals surface area contributed by atoms with Gasteiger partial charge < -0.3 is 21.1 Å². The Balaban J connectivity index is 1.41. The number of carbonyl (C=O) groups is 2. The first-order valence-corrected chi connectivity index (χ1v) is 10.1. The maximum Gasteiger partial charge on any atom is 0.336 e. The fourth-order valence-corrected chi connectivity index (χ4v) is 3.69. The standard InChI is InChI=1S/C25H22N4O3/c26-23(27)21-14-29-22-10-5-15(13-20(21)22)11-12-28-24(30)17-8-6-16(7-9-17)18-3-1-2-4-19(18)25(31)32/h1-10,13-14,29H,11-12H2,(H3,26,27)(H,28,30)(H,31,32). The lowest BCUT2D eigenvalue weighted by molar-refractivity contribution is 0.0697. The van der Waals surface area contributed by atoms with Crippen LogP contribution in [-0.4, -0.2) is 34.3 Å². The lowest BCUT2D eigenvalue weighted by Gasteiger charge is -2.09. The molecule has 1 amide bonds. The Hall–Kier alpha value is -4.39. The Bertz CT molecular complexity index is 1320. The highest BCUT2D eigenvalue weighted by molar-refractivity contribution is 6.07. The summed E-state index contributed by atoms with van der Waals surface area (Å²) in [7, 11) is 0. The molecule has 0 aliphatic rings. The van der Waals surface area contributed by atoms with Gasteiger partial charge in [-0.15, -0.1) is 0 Å². The molecular weight excluding hydrogens is 404 g/mol. The molecular formula is C25H22N4O3. The molecule has 160 valence electrons. The van der Waals surface area contributed by atoms with Gasteiger partial charge in [-0.3, -0.25) is 10.2 Å². The van der Waals surface area contributed by atoms with Crippen LogP contribution in [-0.2, 0) is 6.42 Å². The Morgan fingerprint density at radius 3 is 2.47 bits per heavy atom. The van der Waals surface area contributed by atoms with Gasteiger partial charge in [0.15, 0.2) is 0 Å². The predicted molar refractivity (Wildman–Crippen MR) is 124 cm³/mol. The summed E-state index contributed by atoms with van der Waals surface area (Å²) >= 11 is 0. The zero-order valence-electron chi connectivity index (χ0n) is 17.2. The number of amidine groups is 1. The highest BCUT2D eigenvalue weighted by atomic mass is 16.4. The Morgan fingerprint density at radius 2 is 1.75 bits per heavy atom. The summed E-state index contributed by atoms with van der Waals surface area (Å²) in [6.07, 6.45) is 2.35. The van der Waals surface area contributed by atoms with E-state index in [2.05, 4.69) is 10.3 Å². The molecule has 6 N–H and O–H groups in total. The summed E-state index contributed by atoms with van der Waals surface area (Å²) in [6, 6.07) is 19.5. The van der Waals surface area contributed by atoms with Crippen LogP contribution in [0.2, 0.25) is 0 Å². The molecule has 0 atom stereocenters. The number of H-pyrrole nitrogens is 1. The van der Waals surface area contributed by atoms with E-state index in [1.165, 1.54) is 0 Å². The minimum absolute atomic E-state index is 0.0103.